The summed E-state index contributed by atoms with van der Waals surface area (Å²) in [5, 5.41) is 6.55. The molecule has 0 spiro atoms. The Labute approximate surface area is 206 Å². The monoisotopic (exact) mass is 534 g/mol. The van der Waals surface area contributed by atoms with E-state index in [1.807, 2.05) is 13.8 Å². The van der Waals surface area contributed by atoms with E-state index in [-0.39, 0.29) is 23.0 Å². The second-order valence-electron chi connectivity index (χ2n) is 8.50. The van der Waals surface area contributed by atoms with Crippen molar-refractivity contribution in [1.29, 1.82) is 0 Å². The fourth-order valence-corrected chi connectivity index (χ4v) is 6.23. The third-order valence-electron chi connectivity index (χ3n) is 3.78. The molecule has 3 amide bonds. The van der Waals surface area contributed by atoms with Crippen LogP contribution in [0.15, 0.2) is 31.6 Å². The van der Waals surface area contributed by atoms with Crippen molar-refractivity contribution in [3.8, 4) is 0 Å². The first-order valence-electron chi connectivity index (χ1n) is 10.0. The summed E-state index contributed by atoms with van der Waals surface area (Å²) < 4.78 is 25.3. The zero-order valence-electron chi connectivity index (χ0n) is 18.9. The molecule has 0 aromatic carbocycles. The van der Waals surface area contributed by atoms with Gasteiger partial charge >= 0.3 is 6.09 Å². The molecule has 182 valence electrons. The standard InChI is InChI=1S/C20H27ClN4O5S3/c1-12(2)8-14(23-19(28)30-20(3,4)5)18(27)25-33(29,17-9-13(21)11-32-17)24-15(26)10-16-22-6-7-31-16/h6-7,9,11-12,14H,8,10H2,1-5H3,(H,23,28)(H,24,25,26,27,29)/t14-,33?/m0/s1. The Bertz CT molecular complexity index is 1100. The van der Waals surface area contributed by atoms with Crippen LogP contribution in [-0.4, -0.2) is 38.7 Å². The Hall–Kier alpha value is -2.02. The van der Waals surface area contributed by atoms with E-state index in [1.54, 1.807) is 32.3 Å². The molecule has 0 aliphatic heterocycles. The molecule has 2 heterocycles. The number of hydrogen-bond acceptors (Lipinski definition) is 8. The van der Waals surface area contributed by atoms with E-state index in [4.69, 9.17) is 16.3 Å². The first-order valence-corrected chi connectivity index (χ1v) is 13.7. The molecular formula is C20H27ClN4O5S3. The lowest BCUT2D eigenvalue weighted by molar-refractivity contribution is -0.120. The van der Waals surface area contributed by atoms with E-state index in [0.717, 1.165) is 11.3 Å². The second kappa shape index (κ2) is 11.4. The number of alkyl carbamates (subject to hydrolysis) is 1. The van der Waals surface area contributed by atoms with Crippen LogP contribution in [-0.2, 0) is 30.7 Å². The van der Waals surface area contributed by atoms with Crippen LogP contribution in [0, 0.1) is 5.92 Å². The number of hydrogen-bond donors (Lipinski definition) is 2. The van der Waals surface area contributed by atoms with Gasteiger partial charge in [-0.05, 0) is 39.2 Å². The minimum atomic E-state index is -3.71. The summed E-state index contributed by atoms with van der Waals surface area (Å²) in [6.45, 7) is 8.82. The van der Waals surface area contributed by atoms with Crippen molar-refractivity contribution in [2.45, 2.75) is 63.3 Å². The highest BCUT2D eigenvalue weighted by atomic mass is 35.5. The Morgan fingerprint density at radius 1 is 1.27 bits per heavy atom. The molecule has 9 nitrogen and oxygen atoms in total. The van der Waals surface area contributed by atoms with E-state index in [1.165, 1.54) is 22.8 Å². The number of rotatable bonds is 8. The van der Waals surface area contributed by atoms with Gasteiger partial charge in [-0.2, -0.15) is 0 Å². The molecule has 0 radical (unpaired) electrons. The van der Waals surface area contributed by atoms with Crippen molar-refractivity contribution in [2.75, 3.05) is 0 Å². The van der Waals surface area contributed by atoms with Gasteiger partial charge in [-0.15, -0.1) is 27.0 Å². The Balaban J connectivity index is 2.35. The lowest BCUT2D eigenvalue weighted by atomic mass is 10.0. The van der Waals surface area contributed by atoms with Gasteiger partial charge in [0.25, 0.3) is 5.91 Å². The summed E-state index contributed by atoms with van der Waals surface area (Å²) in [5.41, 5.74) is -0.766. The first kappa shape index (κ1) is 27.2. The SMILES string of the molecule is CC(C)C[C@H](NC(=O)OC(C)(C)C)C(=O)N=S(=O)(NC(=O)Cc1nccs1)c1cc(Cl)cs1. The number of carbonyl (C=O) groups excluding carboxylic acids is 3. The molecule has 2 aromatic rings. The predicted octanol–water partition coefficient (Wildman–Crippen LogP) is 4.42. The van der Waals surface area contributed by atoms with Crippen LogP contribution < -0.4 is 10.0 Å². The van der Waals surface area contributed by atoms with Crippen LogP contribution >= 0.6 is 34.3 Å². The molecule has 1 unspecified atom stereocenters. The molecule has 0 aliphatic carbocycles. The van der Waals surface area contributed by atoms with Crippen molar-refractivity contribution >= 4 is 62.1 Å². The van der Waals surface area contributed by atoms with Crippen LogP contribution in [0.3, 0.4) is 0 Å². The fraction of sp³-hybridized carbons (Fsp3) is 0.500. The van der Waals surface area contributed by atoms with Crippen LogP contribution in [0.2, 0.25) is 5.02 Å². The summed E-state index contributed by atoms with van der Waals surface area (Å²) in [5.74, 6) is -1.45. The number of halogens is 1. The topological polar surface area (TPSA) is 127 Å². The number of carbonyl (C=O) groups is 3. The summed E-state index contributed by atoms with van der Waals surface area (Å²) in [6.07, 6.45) is 0.865. The van der Waals surface area contributed by atoms with Gasteiger partial charge in [-0.25, -0.2) is 14.0 Å². The third-order valence-corrected chi connectivity index (χ3v) is 8.20. The van der Waals surface area contributed by atoms with Gasteiger partial charge in [0.15, 0.2) is 9.92 Å². The van der Waals surface area contributed by atoms with Gasteiger partial charge < -0.3 is 10.1 Å². The molecule has 2 atom stereocenters. The lowest BCUT2D eigenvalue weighted by Gasteiger charge is -2.23. The van der Waals surface area contributed by atoms with Crippen LogP contribution in [0.4, 0.5) is 4.79 Å². The molecule has 2 aromatic heterocycles. The molecule has 2 rings (SSSR count). The van der Waals surface area contributed by atoms with Gasteiger partial charge in [0.2, 0.25) is 5.91 Å². The third kappa shape index (κ3) is 9.03. The maximum absolute atomic E-state index is 13.7. The highest BCUT2D eigenvalue weighted by Crippen LogP contribution is 2.25. The minimum Gasteiger partial charge on any atom is -0.444 e. The van der Waals surface area contributed by atoms with Gasteiger partial charge in [0.1, 0.15) is 20.9 Å². The number of aromatic nitrogens is 1. The molecule has 0 aliphatic rings. The highest BCUT2D eigenvalue weighted by molar-refractivity contribution is 7.94. The summed E-state index contributed by atoms with van der Waals surface area (Å²) in [7, 11) is -3.71. The maximum atomic E-state index is 13.7. The first-order chi connectivity index (χ1) is 15.3. The second-order valence-corrected chi connectivity index (χ2v) is 13.0. The summed E-state index contributed by atoms with van der Waals surface area (Å²) in [6, 6.07) is 0.292. The van der Waals surface area contributed by atoms with E-state index in [9.17, 15) is 18.6 Å². The van der Waals surface area contributed by atoms with Crippen LogP contribution in [0.5, 0.6) is 0 Å². The zero-order chi connectivity index (χ0) is 24.8. The average Bonchev–Trinajstić information content (AvgIpc) is 3.30. The van der Waals surface area contributed by atoms with E-state index < -0.39 is 39.5 Å². The van der Waals surface area contributed by atoms with Crippen LogP contribution in [0.1, 0.15) is 46.0 Å². The fourth-order valence-electron chi connectivity index (χ4n) is 2.56. The number of nitrogens with zero attached hydrogens (tertiary/aromatic N) is 2. The zero-order valence-corrected chi connectivity index (χ0v) is 22.1. The van der Waals surface area contributed by atoms with E-state index in [0.29, 0.717) is 10.0 Å². The van der Waals surface area contributed by atoms with Gasteiger partial charge in [-0.3, -0.25) is 14.3 Å². The normalized spacial score (nSPS) is 14.3. The molecule has 0 fully saturated rings. The number of nitrogens with one attached hydrogen (secondary N) is 2. The van der Waals surface area contributed by atoms with Crippen molar-refractivity contribution in [1.82, 2.24) is 15.0 Å². The van der Waals surface area contributed by atoms with E-state index in [2.05, 4.69) is 19.4 Å². The van der Waals surface area contributed by atoms with E-state index >= 15 is 0 Å². The van der Waals surface area contributed by atoms with Gasteiger partial charge in [0.05, 0.1) is 11.4 Å². The lowest BCUT2D eigenvalue weighted by Crippen LogP contribution is -2.44. The Kier molecular flexibility index (Phi) is 9.41. The smallest absolute Gasteiger partial charge is 0.408 e. The number of amides is 3. The Morgan fingerprint density at radius 2 is 1.97 bits per heavy atom. The Morgan fingerprint density at radius 3 is 2.48 bits per heavy atom. The minimum absolute atomic E-state index is 0.0100. The van der Waals surface area contributed by atoms with Crippen LogP contribution in [0.25, 0.3) is 0 Å². The molecule has 0 saturated heterocycles. The van der Waals surface area contributed by atoms with Gasteiger partial charge in [-0.1, -0.05) is 25.4 Å². The molecule has 33 heavy (non-hydrogen) atoms. The molecule has 2 N–H and O–H groups in total. The molecule has 13 heteroatoms. The van der Waals surface area contributed by atoms with Crippen molar-refractivity contribution in [3.63, 3.8) is 0 Å². The summed E-state index contributed by atoms with van der Waals surface area (Å²) >= 11 is 8.25. The van der Waals surface area contributed by atoms with Crippen molar-refractivity contribution in [2.24, 2.45) is 10.3 Å². The molecular weight excluding hydrogens is 508 g/mol. The number of thiazole rings is 1. The van der Waals surface area contributed by atoms with Crippen molar-refractivity contribution < 1.29 is 23.3 Å². The average molecular weight is 535 g/mol. The predicted molar refractivity (Wildman–Crippen MR) is 130 cm³/mol. The molecule has 0 saturated carbocycles. The number of ether oxygens (including phenoxy) is 1. The largest absolute Gasteiger partial charge is 0.444 e. The number of thiophene rings is 1. The van der Waals surface area contributed by atoms with Gasteiger partial charge in [0, 0.05) is 17.0 Å². The van der Waals surface area contributed by atoms with Crippen molar-refractivity contribution in [3.05, 3.63) is 33.1 Å². The maximum Gasteiger partial charge on any atom is 0.408 e. The highest BCUT2D eigenvalue weighted by Gasteiger charge is 2.28. The summed E-state index contributed by atoms with van der Waals surface area (Å²) in [4.78, 5) is 41.9. The quantitative estimate of drug-likeness (QED) is 0.516. The molecule has 0 bridgehead atoms.